The minimum atomic E-state index is -0.722. The van der Waals surface area contributed by atoms with Crippen LogP contribution in [0.1, 0.15) is 56.3 Å². The predicted octanol–water partition coefficient (Wildman–Crippen LogP) is 3.32. The van der Waals surface area contributed by atoms with Crippen LogP contribution in [0.5, 0.6) is 0 Å². The number of halogens is 1. The number of aryl methyl sites for hydroxylation is 1. The molecule has 21 heavy (non-hydrogen) atoms. The summed E-state index contributed by atoms with van der Waals surface area (Å²) < 4.78 is 13.8. The molecule has 118 valence electrons. The first-order valence-corrected chi connectivity index (χ1v) is 7.90. The zero-order chi connectivity index (χ0) is 15.4. The Kier molecular flexibility index (Phi) is 5.59. The summed E-state index contributed by atoms with van der Waals surface area (Å²) >= 11 is 0. The van der Waals surface area contributed by atoms with E-state index < -0.39 is 6.10 Å². The lowest BCUT2D eigenvalue weighted by molar-refractivity contribution is 0.198. The van der Waals surface area contributed by atoms with E-state index in [1.54, 1.807) is 13.8 Å². The van der Waals surface area contributed by atoms with Gasteiger partial charge in [0, 0.05) is 23.8 Å². The van der Waals surface area contributed by atoms with E-state index in [2.05, 4.69) is 4.90 Å². The van der Waals surface area contributed by atoms with Crippen LogP contribution in [-0.2, 0) is 0 Å². The number of hydrogen-bond donors (Lipinski definition) is 2. The minimum Gasteiger partial charge on any atom is -0.395 e. The maximum Gasteiger partial charge on any atom is 0.126 e. The molecule has 4 heteroatoms. The Balaban J connectivity index is 2.40. The van der Waals surface area contributed by atoms with Gasteiger partial charge >= 0.3 is 0 Å². The van der Waals surface area contributed by atoms with Crippen molar-refractivity contribution in [1.82, 2.24) is 0 Å². The monoisotopic (exact) mass is 295 g/mol. The van der Waals surface area contributed by atoms with E-state index in [-0.39, 0.29) is 12.4 Å². The van der Waals surface area contributed by atoms with Crippen molar-refractivity contribution in [2.75, 3.05) is 18.1 Å². The van der Waals surface area contributed by atoms with Crippen molar-refractivity contribution < 1.29 is 14.6 Å². The first kappa shape index (κ1) is 16.2. The molecular formula is C17H26FNO2. The van der Waals surface area contributed by atoms with E-state index in [0.29, 0.717) is 23.7 Å². The Morgan fingerprint density at radius 1 is 1.29 bits per heavy atom. The van der Waals surface area contributed by atoms with Crippen LogP contribution in [0.25, 0.3) is 0 Å². The smallest absolute Gasteiger partial charge is 0.126 e. The standard InChI is InChI=1S/C17H26FNO2/c1-12-10-17(15(13(2)21)11-16(12)18)19(8-9-20)14-6-4-3-5-7-14/h10-11,13-14,20-21H,3-9H2,1-2H3. The van der Waals surface area contributed by atoms with E-state index in [1.165, 1.54) is 25.3 Å². The van der Waals surface area contributed by atoms with Gasteiger partial charge in [0.2, 0.25) is 0 Å². The van der Waals surface area contributed by atoms with E-state index >= 15 is 0 Å². The highest BCUT2D eigenvalue weighted by Crippen LogP contribution is 2.34. The summed E-state index contributed by atoms with van der Waals surface area (Å²) in [5.41, 5.74) is 2.05. The number of aliphatic hydroxyl groups excluding tert-OH is 2. The first-order valence-electron chi connectivity index (χ1n) is 7.90. The quantitative estimate of drug-likeness (QED) is 0.876. The SMILES string of the molecule is Cc1cc(N(CCO)C2CCCCC2)c(C(C)O)cc1F. The summed E-state index contributed by atoms with van der Waals surface area (Å²) in [4.78, 5) is 2.16. The summed E-state index contributed by atoms with van der Waals surface area (Å²) in [6.45, 7) is 3.98. The second kappa shape index (κ2) is 7.23. The van der Waals surface area contributed by atoms with Gasteiger partial charge in [-0.05, 0) is 44.4 Å². The molecular weight excluding hydrogens is 269 g/mol. The average Bonchev–Trinajstić information content (AvgIpc) is 2.48. The molecule has 1 saturated carbocycles. The molecule has 0 aromatic heterocycles. The fourth-order valence-electron chi connectivity index (χ4n) is 3.27. The van der Waals surface area contributed by atoms with Gasteiger partial charge in [0.25, 0.3) is 0 Å². The van der Waals surface area contributed by atoms with Crippen LogP contribution in [0.3, 0.4) is 0 Å². The van der Waals surface area contributed by atoms with Gasteiger partial charge in [-0.3, -0.25) is 0 Å². The summed E-state index contributed by atoms with van der Waals surface area (Å²) in [5, 5.41) is 19.4. The van der Waals surface area contributed by atoms with Gasteiger partial charge in [0.05, 0.1) is 12.7 Å². The normalized spacial score (nSPS) is 17.8. The van der Waals surface area contributed by atoms with Crippen molar-refractivity contribution in [3.63, 3.8) is 0 Å². The maximum absolute atomic E-state index is 13.8. The zero-order valence-corrected chi connectivity index (χ0v) is 13.0. The third kappa shape index (κ3) is 3.74. The minimum absolute atomic E-state index is 0.0617. The van der Waals surface area contributed by atoms with Crippen molar-refractivity contribution in [2.24, 2.45) is 0 Å². The Labute approximate surface area is 126 Å². The van der Waals surface area contributed by atoms with Gasteiger partial charge in [-0.2, -0.15) is 0 Å². The Morgan fingerprint density at radius 3 is 2.52 bits per heavy atom. The molecule has 0 heterocycles. The lowest BCUT2D eigenvalue weighted by atomic mass is 9.92. The third-order valence-electron chi connectivity index (χ3n) is 4.42. The molecule has 2 rings (SSSR count). The number of nitrogens with zero attached hydrogens (tertiary/aromatic N) is 1. The summed E-state index contributed by atoms with van der Waals surface area (Å²) in [6, 6.07) is 3.61. The van der Waals surface area contributed by atoms with E-state index in [1.807, 2.05) is 6.07 Å². The molecule has 1 aromatic carbocycles. The highest BCUT2D eigenvalue weighted by atomic mass is 19.1. The predicted molar refractivity (Wildman–Crippen MR) is 83.1 cm³/mol. The number of rotatable bonds is 5. The second-order valence-electron chi connectivity index (χ2n) is 6.05. The largest absolute Gasteiger partial charge is 0.395 e. The molecule has 0 radical (unpaired) electrons. The summed E-state index contributed by atoms with van der Waals surface area (Å²) in [6.07, 6.45) is 5.11. The van der Waals surface area contributed by atoms with Crippen LogP contribution in [0.4, 0.5) is 10.1 Å². The van der Waals surface area contributed by atoms with Gasteiger partial charge < -0.3 is 15.1 Å². The van der Waals surface area contributed by atoms with Crippen LogP contribution in [0.15, 0.2) is 12.1 Å². The highest BCUT2D eigenvalue weighted by molar-refractivity contribution is 5.57. The molecule has 1 aliphatic carbocycles. The molecule has 0 saturated heterocycles. The lowest BCUT2D eigenvalue weighted by Crippen LogP contribution is -2.39. The molecule has 0 aliphatic heterocycles. The van der Waals surface area contributed by atoms with E-state index in [9.17, 15) is 14.6 Å². The second-order valence-corrected chi connectivity index (χ2v) is 6.05. The summed E-state index contributed by atoms with van der Waals surface area (Å²) in [5.74, 6) is -0.290. The van der Waals surface area contributed by atoms with Crippen molar-refractivity contribution in [2.45, 2.75) is 58.1 Å². The van der Waals surface area contributed by atoms with Gasteiger partial charge in [-0.15, -0.1) is 0 Å². The molecule has 3 nitrogen and oxygen atoms in total. The Morgan fingerprint density at radius 2 is 1.95 bits per heavy atom. The van der Waals surface area contributed by atoms with Crippen molar-refractivity contribution in [3.8, 4) is 0 Å². The number of hydrogen-bond acceptors (Lipinski definition) is 3. The molecule has 2 N–H and O–H groups in total. The highest BCUT2D eigenvalue weighted by Gasteiger charge is 2.24. The molecule has 1 unspecified atom stereocenters. The lowest BCUT2D eigenvalue weighted by Gasteiger charge is -2.37. The molecule has 0 bridgehead atoms. The summed E-state index contributed by atoms with van der Waals surface area (Å²) in [7, 11) is 0. The fourth-order valence-corrected chi connectivity index (χ4v) is 3.27. The zero-order valence-electron chi connectivity index (χ0n) is 13.0. The molecule has 1 aromatic rings. The average molecular weight is 295 g/mol. The third-order valence-corrected chi connectivity index (χ3v) is 4.42. The molecule has 1 aliphatic rings. The molecule has 1 fully saturated rings. The van der Waals surface area contributed by atoms with Crippen LogP contribution >= 0.6 is 0 Å². The van der Waals surface area contributed by atoms with Crippen molar-refractivity contribution in [3.05, 3.63) is 29.1 Å². The maximum atomic E-state index is 13.8. The van der Waals surface area contributed by atoms with Gasteiger partial charge in [0.1, 0.15) is 5.82 Å². The first-order chi connectivity index (χ1) is 10.0. The molecule has 0 amide bonds. The van der Waals surface area contributed by atoms with Crippen LogP contribution in [-0.4, -0.2) is 29.4 Å². The van der Waals surface area contributed by atoms with E-state index in [4.69, 9.17) is 0 Å². The number of benzene rings is 1. The van der Waals surface area contributed by atoms with E-state index in [0.717, 1.165) is 18.5 Å². The van der Waals surface area contributed by atoms with Crippen LogP contribution < -0.4 is 4.90 Å². The molecule has 0 spiro atoms. The van der Waals surface area contributed by atoms with Gasteiger partial charge in [0.15, 0.2) is 0 Å². The van der Waals surface area contributed by atoms with Crippen molar-refractivity contribution in [1.29, 1.82) is 0 Å². The van der Waals surface area contributed by atoms with Crippen LogP contribution in [0, 0.1) is 12.7 Å². The van der Waals surface area contributed by atoms with Crippen LogP contribution in [0.2, 0.25) is 0 Å². The van der Waals surface area contributed by atoms with Gasteiger partial charge in [-0.1, -0.05) is 19.3 Å². The molecule has 1 atom stereocenters. The topological polar surface area (TPSA) is 43.7 Å². The van der Waals surface area contributed by atoms with Gasteiger partial charge in [-0.25, -0.2) is 4.39 Å². The van der Waals surface area contributed by atoms with Crippen molar-refractivity contribution >= 4 is 5.69 Å². The Bertz CT molecular complexity index is 470. The fraction of sp³-hybridized carbons (Fsp3) is 0.647. The number of anilines is 1. The number of aliphatic hydroxyl groups is 2. The Hall–Kier alpha value is -1.13.